The molecule has 0 aliphatic carbocycles. The van der Waals surface area contributed by atoms with E-state index in [1.807, 2.05) is 32.1 Å². The lowest BCUT2D eigenvalue weighted by atomic mass is 10.3. The third-order valence-electron chi connectivity index (χ3n) is 3.90. The van der Waals surface area contributed by atoms with E-state index in [0.29, 0.717) is 27.9 Å². The van der Waals surface area contributed by atoms with Gasteiger partial charge in [-0.25, -0.2) is 14.5 Å². The van der Waals surface area contributed by atoms with Crippen molar-refractivity contribution in [1.82, 2.24) is 14.5 Å². The molecule has 3 heterocycles. The fraction of sp³-hybridized carbons (Fsp3) is 0.0909. The first kappa shape index (κ1) is 21.4. The SMILES string of the molecule is C=C/C=C\C=C(/C)O/C(C=C)=C/c1sc(-n2c(=S)oc3cccnc3c2=O)nc1C. The molecule has 0 saturated heterocycles. The van der Waals surface area contributed by atoms with Gasteiger partial charge in [-0.2, -0.15) is 0 Å². The monoisotopic (exact) mass is 437 g/mol. The Morgan fingerprint density at radius 2 is 2.17 bits per heavy atom. The topological polar surface area (TPSA) is 70.2 Å². The number of pyridine rings is 1. The summed E-state index contributed by atoms with van der Waals surface area (Å²) >= 11 is 6.57. The third-order valence-corrected chi connectivity index (χ3v) is 5.26. The van der Waals surface area contributed by atoms with Gasteiger partial charge in [-0.1, -0.05) is 42.7 Å². The molecule has 0 aliphatic heterocycles. The minimum atomic E-state index is -0.376. The number of fused-ring (bicyclic) bond motifs is 1. The number of allylic oxidation sites excluding steroid dienone is 6. The molecular weight excluding hydrogens is 418 g/mol. The Morgan fingerprint density at radius 3 is 2.90 bits per heavy atom. The summed E-state index contributed by atoms with van der Waals surface area (Å²) in [6.07, 6.45) is 12.1. The summed E-state index contributed by atoms with van der Waals surface area (Å²) in [6.45, 7) is 11.1. The van der Waals surface area contributed by atoms with E-state index in [4.69, 9.17) is 21.4 Å². The lowest BCUT2D eigenvalue weighted by molar-refractivity contribution is 0.326. The molecule has 3 aromatic heterocycles. The first-order valence-corrected chi connectivity index (χ1v) is 10.1. The number of aryl methyl sites for hydroxylation is 1. The smallest absolute Gasteiger partial charge is 0.290 e. The van der Waals surface area contributed by atoms with E-state index in [-0.39, 0.29) is 15.9 Å². The van der Waals surface area contributed by atoms with Crippen molar-refractivity contribution < 1.29 is 9.15 Å². The van der Waals surface area contributed by atoms with Crippen LogP contribution in [0.2, 0.25) is 0 Å². The molecule has 3 aromatic rings. The maximum Gasteiger partial charge on any atom is 0.290 e. The van der Waals surface area contributed by atoms with E-state index in [2.05, 4.69) is 23.1 Å². The molecule has 0 N–H and O–H groups in total. The van der Waals surface area contributed by atoms with Crippen molar-refractivity contribution in [3.63, 3.8) is 0 Å². The van der Waals surface area contributed by atoms with Crippen molar-refractivity contribution in [3.05, 3.63) is 99.1 Å². The molecule has 6 nitrogen and oxygen atoms in total. The Hall–Kier alpha value is -3.36. The number of ether oxygens (including phenoxy) is 1. The van der Waals surface area contributed by atoms with Crippen molar-refractivity contribution >= 4 is 40.7 Å². The summed E-state index contributed by atoms with van der Waals surface area (Å²) in [4.78, 5) is 22.3. The minimum absolute atomic E-state index is 0.0118. The molecule has 152 valence electrons. The van der Waals surface area contributed by atoms with Gasteiger partial charge in [-0.3, -0.25) is 4.79 Å². The molecule has 0 fully saturated rings. The van der Waals surface area contributed by atoms with Crippen molar-refractivity contribution in [2.75, 3.05) is 0 Å². The van der Waals surface area contributed by atoms with E-state index in [1.54, 1.807) is 30.4 Å². The van der Waals surface area contributed by atoms with Gasteiger partial charge < -0.3 is 9.15 Å². The fourth-order valence-electron chi connectivity index (χ4n) is 2.50. The largest absolute Gasteiger partial charge is 0.462 e. The third kappa shape index (κ3) is 4.61. The molecule has 0 amide bonds. The predicted octanol–water partition coefficient (Wildman–Crippen LogP) is 5.66. The van der Waals surface area contributed by atoms with Crippen LogP contribution in [0.5, 0.6) is 0 Å². The van der Waals surface area contributed by atoms with Crippen LogP contribution in [0.1, 0.15) is 17.5 Å². The summed E-state index contributed by atoms with van der Waals surface area (Å²) < 4.78 is 12.6. The predicted molar refractivity (Wildman–Crippen MR) is 123 cm³/mol. The number of thiazole rings is 1. The van der Waals surface area contributed by atoms with E-state index >= 15 is 0 Å². The molecule has 0 aromatic carbocycles. The van der Waals surface area contributed by atoms with Crippen molar-refractivity contribution in [2.24, 2.45) is 0 Å². The summed E-state index contributed by atoms with van der Waals surface area (Å²) in [7, 11) is 0. The van der Waals surface area contributed by atoms with Crippen LogP contribution in [0.15, 0.2) is 82.6 Å². The van der Waals surface area contributed by atoms with Gasteiger partial charge in [-0.05, 0) is 56.4 Å². The molecular formula is C22H19N3O3S2. The van der Waals surface area contributed by atoms with Crippen LogP contribution in [0.4, 0.5) is 0 Å². The Bertz CT molecular complexity index is 1320. The van der Waals surface area contributed by atoms with Gasteiger partial charge in [0.15, 0.2) is 11.1 Å². The summed E-state index contributed by atoms with van der Waals surface area (Å²) in [5, 5.41) is 0.398. The van der Waals surface area contributed by atoms with Crippen molar-refractivity contribution in [1.29, 1.82) is 0 Å². The average Bonchev–Trinajstić information content (AvgIpc) is 3.07. The molecule has 8 heteroatoms. The van der Waals surface area contributed by atoms with Gasteiger partial charge in [0.25, 0.3) is 10.4 Å². The van der Waals surface area contributed by atoms with Crippen LogP contribution < -0.4 is 5.56 Å². The lowest BCUT2D eigenvalue weighted by Gasteiger charge is -2.05. The number of aromatic nitrogens is 3. The van der Waals surface area contributed by atoms with Crippen LogP contribution in [0, 0.1) is 11.8 Å². The lowest BCUT2D eigenvalue weighted by Crippen LogP contribution is -2.19. The van der Waals surface area contributed by atoms with Gasteiger partial charge in [0.05, 0.1) is 10.6 Å². The maximum atomic E-state index is 12.9. The van der Waals surface area contributed by atoms with E-state index < -0.39 is 0 Å². The zero-order valence-corrected chi connectivity index (χ0v) is 18.1. The molecule has 0 saturated carbocycles. The van der Waals surface area contributed by atoms with E-state index in [9.17, 15) is 4.79 Å². The highest BCUT2D eigenvalue weighted by atomic mass is 32.1. The second kappa shape index (κ2) is 9.43. The van der Waals surface area contributed by atoms with Crippen LogP contribution >= 0.6 is 23.6 Å². The molecule has 0 aliphatic rings. The molecule has 3 rings (SSSR count). The van der Waals surface area contributed by atoms with E-state index in [1.165, 1.54) is 22.1 Å². The number of nitrogens with zero attached hydrogens (tertiary/aromatic N) is 3. The molecule has 0 spiro atoms. The summed E-state index contributed by atoms with van der Waals surface area (Å²) in [6, 6.07) is 3.33. The Kier molecular flexibility index (Phi) is 6.71. The molecule has 30 heavy (non-hydrogen) atoms. The highest BCUT2D eigenvalue weighted by Crippen LogP contribution is 2.25. The van der Waals surface area contributed by atoms with Crippen LogP contribution in [0.3, 0.4) is 0 Å². The highest BCUT2D eigenvalue weighted by Gasteiger charge is 2.15. The summed E-state index contributed by atoms with van der Waals surface area (Å²) in [5.74, 6) is 1.23. The maximum absolute atomic E-state index is 12.9. The number of hydrogen-bond acceptors (Lipinski definition) is 7. The van der Waals surface area contributed by atoms with E-state index in [0.717, 1.165) is 4.88 Å². The molecule has 0 bridgehead atoms. The normalized spacial score (nSPS) is 12.5. The quantitative estimate of drug-likeness (QED) is 0.270. The second-order valence-corrected chi connectivity index (χ2v) is 7.41. The minimum Gasteiger partial charge on any atom is -0.462 e. The summed E-state index contributed by atoms with van der Waals surface area (Å²) in [5.41, 5.74) is 0.874. The van der Waals surface area contributed by atoms with Crippen LogP contribution in [0.25, 0.3) is 22.3 Å². The Labute approximate surface area is 182 Å². The van der Waals surface area contributed by atoms with Crippen molar-refractivity contribution in [2.45, 2.75) is 13.8 Å². The number of rotatable bonds is 7. The molecule has 0 atom stereocenters. The standard InChI is InChI=1S/C22H19N3O3S2/c1-5-7-8-10-14(3)27-16(6-2)13-18-15(4)24-21(30-18)25-20(26)19-17(28-22(25)29)11-9-12-23-19/h5-13H,1-2H2,3-4H3/b8-7-,14-10+,16-13+. The first-order chi connectivity index (χ1) is 14.4. The molecule has 0 radical (unpaired) electrons. The fourth-order valence-corrected chi connectivity index (χ4v) is 3.82. The van der Waals surface area contributed by atoms with Gasteiger partial charge in [0, 0.05) is 6.20 Å². The highest BCUT2D eigenvalue weighted by molar-refractivity contribution is 7.71. The number of hydrogen-bond donors (Lipinski definition) is 0. The van der Waals surface area contributed by atoms with Gasteiger partial charge >= 0.3 is 0 Å². The second-order valence-electron chi connectivity index (χ2n) is 6.06. The Morgan fingerprint density at radius 1 is 1.37 bits per heavy atom. The van der Waals surface area contributed by atoms with Gasteiger partial charge in [0.1, 0.15) is 11.5 Å². The van der Waals surface area contributed by atoms with Gasteiger partial charge in [0.2, 0.25) is 5.13 Å². The average molecular weight is 438 g/mol. The van der Waals surface area contributed by atoms with Crippen molar-refractivity contribution in [3.8, 4) is 5.13 Å². The molecule has 0 unspecified atom stereocenters. The zero-order valence-electron chi connectivity index (χ0n) is 16.5. The Balaban J connectivity index is 2.01. The van der Waals surface area contributed by atoms with Crippen LogP contribution in [-0.4, -0.2) is 14.5 Å². The van der Waals surface area contributed by atoms with Gasteiger partial charge in [-0.15, -0.1) is 0 Å². The van der Waals surface area contributed by atoms with Crippen LogP contribution in [-0.2, 0) is 4.74 Å². The first-order valence-electron chi connectivity index (χ1n) is 8.91. The zero-order chi connectivity index (χ0) is 21.7.